The standard InChI is InChI=1S/C16H13ClN4O2/c17-14-5-2-6-18-16(14)21-10-12(9-19-21)20-15(23)8-11-3-1-4-13(22)7-11/h1-7,9-10,22H,8H2,(H,20,23). The third-order valence-electron chi connectivity index (χ3n) is 3.10. The summed E-state index contributed by atoms with van der Waals surface area (Å²) in [5.74, 6) is 0.415. The van der Waals surface area contributed by atoms with Crippen molar-refractivity contribution in [3.63, 3.8) is 0 Å². The molecule has 0 aliphatic heterocycles. The normalized spacial score (nSPS) is 10.5. The molecule has 0 saturated carbocycles. The Kier molecular flexibility index (Phi) is 4.25. The van der Waals surface area contributed by atoms with E-state index >= 15 is 0 Å². The van der Waals surface area contributed by atoms with E-state index in [0.29, 0.717) is 16.5 Å². The summed E-state index contributed by atoms with van der Waals surface area (Å²) in [5, 5.41) is 16.8. The highest BCUT2D eigenvalue weighted by Gasteiger charge is 2.09. The van der Waals surface area contributed by atoms with Crippen molar-refractivity contribution in [3.05, 3.63) is 65.6 Å². The highest BCUT2D eigenvalue weighted by molar-refractivity contribution is 6.32. The van der Waals surface area contributed by atoms with Crippen LogP contribution in [0.3, 0.4) is 0 Å². The van der Waals surface area contributed by atoms with Gasteiger partial charge in [-0.3, -0.25) is 4.79 Å². The maximum absolute atomic E-state index is 12.0. The maximum atomic E-state index is 12.0. The molecule has 116 valence electrons. The summed E-state index contributed by atoms with van der Waals surface area (Å²) in [4.78, 5) is 16.2. The van der Waals surface area contributed by atoms with Gasteiger partial charge in [0.2, 0.25) is 5.91 Å². The molecule has 23 heavy (non-hydrogen) atoms. The molecule has 0 spiro atoms. The van der Waals surface area contributed by atoms with Gasteiger partial charge in [-0.1, -0.05) is 23.7 Å². The van der Waals surface area contributed by atoms with Crippen LogP contribution in [0.25, 0.3) is 5.82 Å². The summed E-state index contributed by atoms with van der Waals surface area (Å²) in [6.45, 7) is 0. The highest BCUT2D eigenvalue weighted by Crippen LogP contribution is 2.18. The van der Waals surface area contributed by atoms with Gasteiger partial charge in [0.15, 0.2) is 5.82 Å². The predicted molar refractivity (Wildman–Crippen MR) is 86.8 cm³/mol. The Morgan fingerprint density at radius 1 is 1.30 bits per heavy atom. The Labute approximate surface area is 137 Å². The number of anilines is 1. The number of hydrogen-bond donors (Lipinski definition) is 2. The number of phenolic OH excluding ortho intramolecular Hbond substituents is 1. The van der Waals surface area contributed by atoms with Crippen molar-refractivity contribution in [3.8, 4) is 11.6 Å². The van der Waals surface area contributed by atoms with E-state index in [-0.39, 0.29) is 18.1 Å². The van der Waals surface area contributed by atoms with Crippen molar-refractivity contribution in [1.29, 1.82) is 0 Å². The van der Waals surface area contributed by atoms with Gasteiger partial charge >= 0.3 is 0 Å². The number of carbonyl (C=O) groups excluding carboxylic acids is 1. The molecule has 2 aromatic heterocycles. The minimum absolute atomic E-state index is 0.132. The zero-order chi connectivity index (χ0) is 16.2. The fraction of sp³-hybridized carbons (Fsp3) is 0.0625. The molecular weight excluding hydrogens is 316 g/mol. The number of aromatic hydroxyl groups is 1. The monoisotopic (exact) mass is 328 g/mol. The SMILES string of the molecule is O=C(Cc1cccc(O)c1)Nc1cnn(-c2ncccc2Cl)c1. The van der Waals surface area contributed by atoms with Crippen LogP contribution in [0.5, 0.6) is 5.75 Å². The predicted octanol–water partition coefficient (Wildman–Crippen LogP) is 2.81. The number of halogens is 1. The summed E-state index contributed by atoms with van der Waals surface area (Å²) < 4.78 is 1.49. The van der Waals surface area contributed by atoms with Gasteiger partial charge in [0, 0.05) is 6.20 Å². The van der Waals surface area contributed by atoms with Gasteiger partial charge in [0.25, 0.3) is 0 Å². The highest BCUT2D eigenvalue weighted by atomic mass is 35.5. The maximum Gasteiger partial charge on any atom is 0.228 e. The Balaban J connectivity index is 1.69. The van der Waals surface area contributed by atoms with Crippen LogP contribution >= 0.6 is 11.6 Å². The van der Waals surface area contributed by atoms with E-state index in [4.69, 9.17) is 11.6 Å². The quantitative estimate of drug-likeness (QED) is 0.771. The first-order chi connectivity index (χ1) is 11.1. The summed E-state index contributed by atoms with van der Waals surface area (Å²) in [6.07, 6.45) is 4.92. The largest absolute Gasteiger partial charge is 0.508 e. The first-order valence-electron chi connectivity index (χ1n) is 6.85. The molecule has 1 amide bonds. The van der Waals surface area contributed by atoms with Crippen LogP contribution in [0, 0.1) is 0 Å². The molecule has 0 saturated heterocycles. The molecule has 0 aliphatic rings. The second-order valence-electron chi connectivity index (χ2n) is 4.88. The Bertz CT molecular complexity index is 847. The minimum atomic E-state index is -0.206. The van der Waals surface area contributed by atoms with Crippen LogP contribution in [0.2, 0.25) is 5.02 Å². The summed E-state index contributed by atoms with van der Waals surface area (Å²) in [6, 6.07) is 10.0. The Hall–Kier alpha value is -2.86. The summed E-state index contributed by atoms with van der Waals surface area (Å²) >= 11 is 6.06. The number of aromatic nitrogens is 3. The Morgan fingerprint density at radius 3 is 2.96 bits per heavy atom. The summed E-state index contributed by atoms with van der Waals surface area (Å²) in [7, 11) is 0. The second kappa shape index (κ2) is 6.50. The number of benzene rings is 1. The lowest BCUT2D eigenvalue weighted by Gasteiger charge is -2.03. The Morgan fingerprint density at radius 2 is 2.17 bits per heavy atom. The fourth-order valence-corrected chi connectivity index (χ4v) is 2.31. The van der Waals surface area contributed by atoms with Crippen LogP contribution in [-0.2, 0) is 11.2 Å². The average Bonchev–Trinajstić information content (AvgIpc) is 2.95. The van der Waals surface area contributed by atoms with E-state index in [0.717, 1.165) is 5.56 Å². The van der Waals surface area contributed by atoms with Gasteiger partial charge in [-0.05, 0) is 29.8 Å². The molecule has 0 unspecified atom stereocenters. The lowest BCUT2D eigenvalue weighted by atomic mass is 10.1. The van der Waals surface area contributed by atoms with Crippen molar-refractivity contribution < 1.29 is 9.90 Å². The zero-order valence-corrected chi connectivity index (χ0v) is 12.7. The van der Waals surface area contributed by atoms with Gasteiger partial charge in [0.05, 0.1) is 29.5 Å². The summed E-state index contributed by atoms with van der Waals surface area (Å²) in [5.41, 5.74) is 1.26. The van der Waals surface area contributed by atoms with Crippen molar-refractivity contribution >= 4 is 23.2 Å². The molecule has 2 N–H and O–H groups in total. The van der Waals surface area contributed by atoms with Crippen LogP contribution in [-0.4, -0.2) is 25.8 Å². The first-order valence-corrected chi connectivity index (χ1v) is 7.23. The number of pyridine rings is 1. The molecule has 2 heterocycles. The van der Waals surface area contributed by atoms with E-state index in [1.165, 1.54) is 10.9 Å². The van der Waals surface area contributed by atoms with E-state index < -0.39 is 0 Å². The van der Waals surface area contributed by atoms with E-state index in [1.54, 1.807) is 48.8 Å². The van der Waals surface area contributed by atoms with Gasteiger partial charge in [-0.15, -0.1) is 0 Å². The van der Waals surface area contributed by atoms with Crippen LogP contribution in [0.1, 0.15) is 5.56 Å². The van der Waals surface area contributed by atoms with Crippen molar-refractivity contribution in [2.24, 2.45) is 0 Å². The fourth-order valence-electron chi connectivity index (χ4n) is 2.11. The van der Waals surface area contributed by atoms with Crippen LogP contribution < -0.4 is 5.32 Å². The van der Waals surface area contributed by atoms with Crippen molar-refractivity contribution in [1.82, 2.24) is 14.8 Å². The zero-order valence-electron chi connectivity index (χ0n) is 12.0. The molecule has 0 fully saturated rings. The lowest BCUT2D eigenvalue weighted by Crippen LogP contribution is -2.13. The van der Waals surface area contributed by atoms with Crippen LogP contribution in [0.15, 0.2) is 55.0 Å². The van der Waals surface area contributed by atoms with E-state index in [9.17, 15) is 9.90 Å². The number of nitrogens with zero attached hydrogens (tertiary/aromatic N) is 3. The number of rotatable bonds is 4. The van der Waals surface area contributed by atoms with Crippen LogP contribution in [0.4, 0.5) is 5.69 Å². The van der Waals surface area contributed by atoms with E-state index in [2.05, 4.69) is 15.4 Å². The average molecular weight is 329 g/mol. The van der Waals surface area contributed by atoms with Crippen molar-refractivity contribution in [2.45, 2.75) is 6.42 Å². The van der Waals surface area contributed by atoms with Gasteiger partial charge < -0.3 is 10.4 Å². The van der Waals surface area contributed by atoms with Gasteiger partial charge in [0.1, 0.15) is 5.75 Å². The molecule has 0 radical (unpaired) electrons. The lowest BCUT2D eigenvalue weighted by molar-refractivity contribution is -0.115. The first kappa shape index (κ1) is 15.1. The number of phenols is 1. The molecule has 0 bridgehead atoms. The number of carbonyl (C=O) groups is 1. The molecule has 0 aliphatic carbocycles. The van der Waals surface area contributed by atoms with Gasteiger partial charge in [-0.25, -0.2) is 9.67 Å². The third-order valence-corrected chi connectivity index (χ3v) is 3.39. The molecule has 3 aromatic rings. The molecule has 0 atom stereocenters. The molecular formula is C16H13ClN4O2. The molecule has 7 heteroatoms. The smallest absolute Gasteiger partial charge is 0.228 e. The minimum Gasteiger partial charge on any atom is -0.508 e. The number of amides is 1. The number of nitrogens with one attached hydrogen (secondary N) is 1. The molecule has 1 aromatic carbocycles. The van der Waals surface area contributed by atoms with Crippen molar-refractivity contribution in [2.75, 3.05) is 5.32 Å². The van der Waals surface area contributed by atoms with E-state index in [1.807, 2.05) is 0 Å². The topological polar surface area (TPSA) is 80.0 Å². The second-order valence-corrected chi connectivity index (χ2v) is 5.28. The molecule has 6 nitrogen and oxygen atoms in total. The molecule has 3 rings (SSSR count). The van der Waals surface area contributed by atoms with Gasteiger partial charge in [-0.2, -0.15) is 5.10 Å². The number of hydrogen-bond acceptors (Lipinski definition) is 4. The third kappa shape index (κ3) is 3.67.